The molecule has 5 saturated heterocycles. The molecule has 0 amide bonds. The average Bonchev–Trinajstić information content (AvgIpc) is 0.812. The fraction of sp³-hybridized carbons (Fsp3) is 0.209. The van der Waals surface area contributed by atoms with Gasteiger partial charge in [-0.3, -0.25) is 28.7 Å². The van der Waals surface area contributed by atoms with Gasteiger partial charge < -0.3 is 14.7 Å². The third-order valence-corrected chi connectivity index (χ3v) is 22.4. The van der Waals surface area contributed by atoms with Crippen molar-refractivity contribution in [3.63, 3.8) is 0 Å². The lowest BCUT2D eigenvalue weighted by atomic mass is 9.86. The fourth-order valence-electron chi connectivity index (χ4n) is 16.1. The Labute approximate surface area is 678 Å². The number of nitrogens with zero attached hydrogens (tertiary/aromatic N) is 24. The van der Waals surface area contributed by atoms with Crippen LogP contribution in [-0.2, 0) is 40.8 Å². The summed E-state index contributed by atoms with van der Waals surface area (Å²) in [7, 11) is 5.64. The number of pyridine rings is 6. The molecule has 12 aromatic heterocycles. The Morgan fingerprint density at radius 3 is 1.18 bits per heavy atom. The summed E-state index contributed by atoms with van der Waals surface area (Å²) in [5, 5.41) is 55.2. The van der Waals surface area contributed by atoms with Crippen molar-refractivity contribution >= 4 is 34.0 Å². The molecule has 0 N–H and O–H groups in total. The summed E-state index contributed by atoms with van der Waals surface area (Å²) in [6.45, 7) is 10.0. The fourth-order valence-corrected chi connectivity index (χ4v) is 16.1. The number of fused-ring (bicyclic) bond motifs is 5. The molecule has 20 rings (SSSR count). The average molecular weight is 1560 g/mol. The highest BCUT2D eigenvalue weighted by molar-refractivity contribution is 5.90. The maximum Gasteiger partial charge on any atom is 0.143 e. The van der Waals surface area contributed by atoms with E-state index >= 15 is 0 Å². The number of aryl methyl sites for hydroxylation is 3. The summed E-state index contributed by atoms with van der Waals surface area (Å²) >= 11 is 0. The van der Waals surface area contributed by atoms with Gasteiger partial charge in [0.05, 0.1) is 76.0 Å². The first kappa shape index (κ1) is 75.7. The normalized spacial score (nSPS) is 15.4. The summed E-state index contributed by atoms with van der Waals surface area (Å²) < 4.78 is 54.2. The van der Waals surface area contributed by atoms with Crippen molar-refractivity contribution in [2.45, 2.75) is 38.1 Å². The number of piperidine rings is 1. The number of rotatable bonds is 15. The van der Waals surface area contributed by atoms with Gasteiger partial charge in [0, 0.05) is 263 Å². The van der Waals surface area contributed by atoms with Gasteiger partial charge >= 0.3 is 0 Å². The number of nitriles is 3. The van der Waals surface area contributed by atoms with Crippen LogP contribution in [-0.4, -0.2) is 165 Å². The molecule has 15 aromatic rings. The molecule has 3 aromatic carbocycles. The first-order chi connectivity index (χ1) is 57.6. The minimum absolute atomic E-state index is 0.0612. The van der Waals surface area contributed by atoms with Crippen LogP contribution in [0.25, 0.3) is 83.3 Å². The zero-order valence-corrected chi connectivity index (χ0v) is 64.7. The quantitative estimate of drug-likeness (QED) is 0.0867. The smallest absolute Gasteiger partial charge is 0.143 e. The van der Waals surface area contributed by atoms with Gasteiger partial charge in [0.25, 0.3) is 0 Å². The van der Waals surface area contributed by atoms with E-state index in [1.165, 1.54) is 17.7 Å². The van der Waals surface area contributed by atoms with Gasteiger partial charge in [0.15, 0.2) is 0 Å². The van der Waals surface area contributed by atoms with E-state index in [2.05, 4.69) is 132 Å². The van der Waals surface area contributed by atoms with Gasteiger partial charge in [0.1, 0.15) is 53.1 Å². The van der Waals surface area contributed by atoms with Crippen molar-refractivity contribution in [3.8, 4) is 122 Å². The Balaban J connectivity index is 0.000000127. The predicted octanol–water partition coefficient (Wildman–Crippen LogP) is 12.5. The highest BCUT2D eigenvalue weighted by Gasteiger charge is 2.45. The number of aromatic nitrogens is 15. The van der Waals surface area contributed by atoms with E-state index in [0.29, 0.717) is 34.4 Å². The molecule has 24 nitrogen and oxygen atoms in total. The maximum absolute atomic E-state index is 14.6. The van der Waals surface area contributed by atoms with Gasteiger partial charge in [-0.25, -0.2) is 41.7 Å². The molecule has 580 valence electrons. The van der Waals surface area contributed by atoms with Crippen molar-refractivity contribution < 1.29 is 13.2 Å². The van der Waals surface area contributed by atoms with Gasteiger partial charge in [-0.15, -0.1) is 19.3 Å². The maximum atomic E-state index is 14.6. The number of hydrogen-bond acceptors (Lipinski definition) is 18. The Hall–Kier alpha value is -15.0. The summed E-state index contributed by atoms with van der Waals surface area (Å²) in [6.07, 6.45) is 44.5. The predicted molar refractivity (Wildman–Crippen MR) is 444 cm³/mol. The lowest BCUT2D eigenvalue weighted by molar-refractivity contribution is -0.0103. The van der Waals surface area contributed by atoms with Crippen molar-refractivity contribution in [2.24, 2.45) is 21.1 Å². The molecule has 5 aliphatic rings. The van der Waals surface area contributed by atoms with E-state index in [0.717, 1.165) is 185 Å². The second-order valence-electron chi connectivity index (χ2n) is 29.7. The van der Waals surface area contributed by atoms with Crippen molar-refractivity contribution in [2.75, 3.05) is 80.1 Å². The second-order valence-corrected chi connectivity index (χ2v) is 29.7. The van der Waals surface area contributed by atoms with Gasteiger partial charge in [0.2, 0.25) is 0 Å². The third kappa shape index (κ3) is 15.3. The Bertz CT molecular complexity index is 6530. The summed E-state index contributed by atoms with van der Waals surface area (Å²) in [5.74, 6) is 8.54. The zero-order chi connectivity index (χ0) is 81.2. The van der Waals surface area contributed by atoms with Crippen LogP contribution in [0.3, 0.4) is 0 Å². The number of terminal acetylenes is 3. The van der Waals surface area contributed by atoms with Gasteiger partial charge in [-0.1, -0.05) is 42.0 Å². The molecule has 0 aliphatic carbocycles. The van der Waals surface area contributed by atoms with Crippen LogP contribution in [0.4, 0.5) is 30.6 Å². The molecule has 0 saturated carbocycles. The van der Waals surface area contributed by atoms with Gasteiger partial charge in [-0.2, -0.15) is 46.4 Å². The minimum atomic E-state index is -0.600. The molecule has 2 atom stereocenters. The van der Waals surface area contributed by atoms with Crippen LogP contribution in [0.5, 0.6) is 0 Å². The van der Waals surface area contributed by atoms with Crippen LogP contribution >= 0.6 is 0 Å². The zero-order valence-electron chi connectivity index (χ0n) is 64.7. The van der Waals surface area contributed by atoms with Crippen molar-refractivity contribution in [1.29, 1.82) is 15.8 Å². The van der Waals surface area contributed by atoms with Crippen molar-refractivity contribution in [3.05, 3.63) is 270 Å². The first-order valence-corrected chi connectivity index (χ1v) is 38.4. The minimum Gasteiger partial charge on any atom is -0.354 e. The topological polar surface area (TPSA) is 235 Å². The van der Waals surface area contributed by atoms with E-state index < -0.39 is 11.6 Å². The lowest BCUT2D eigenvalue weighted by Gasteiger charge is -2.56. The number of hydrogen-bond donors (Lipinski definition) is 0. The van der Waals surface area contributed by atoms with E-state index in [1.54, 1.807) is 76.8 Å². The highest BCUT2D eigenvalue weighted by Crippen LogP contribution is 2.40. The molecule has 0 spiro atoms. The van der Waals surface area contributed by atoms with Crippen molar-refractivity contribution in [1.82, 2.24) is 87.8 Å². The van der Waals surface area contributed by atoms with Gasteiger partial charge in [-0.05, 0) is 96.9 Å². The number of benzene rings is 3. The summed E-state index contributed by atoms with van der Waals surface area (Å²) in [5.41, 5.74) is 18.2. The summed E-state index contributed by atoms with van der Waals surface area (Å²) in [6, 6.07) is 41.4. The van der Waals surface area contributed by atoms with Crippen LogP contribution in [0.15, 0.2) is 202 Å². The molecule has 17 heterocycles. The third-order valence-electron chi connectivity index (χ3n) is 22.4. The molecule has 2 unspecified atom stereocenters. The number of anilines is 3. The number of halogens is 3. The lowest BCUT2D eigenvalue weighted by Crippen LogP contribution is -2.68. The van der Waals surface area contributed by atoms with Crippen LogP contribution < -0.4 is 14.7 Å². The molecular formula is C91H75F3N24. The molecule has 5 fully saturated rings. The van der Waals surface area contributed by atoms with E-state index in [9.17, 15) is 29.0 Å². The molecular weight excluding hydrogens is 1490 g/mol. The molecule has 27 heteroatoms. The molecule has 5 aliphatic heterocycles. The van der Waals surface area contributed by atoms with Crippen LogP contribution in [0.2, 0.25) is 0 Å². The Morgan fingerprint density at radius 1 is 0.390 bits per heavy atom. The van der Waals surface area contributed by atoms with Crippen LogP contribution in [0.1, 0.15) is 56.5 Å². The number of piperazine rings is 3. The van der Waals surface area contributed by atoms with E-state index in [-0.39, 0.29) is 35.6 Å². The SMILES string of the molecule is C#Cc1cc(F)c(CN2C3CC2CN(c2ccc(-c4cc(-c5cnn(C)c5)cn5ncc(C#N)c45)cn2)C3)c(F)c1.C#Cc1ccc(CN2CCN(c3ccc(-c4cc(-c5cnn(C)c5)cn5ncc(C#N)c45)cn3)CC2)cc1.C#Cc1cccc(CN2CCN(c3ccc(-c4cc(-c5cnn(C)c5)cn5ncc(C#N)c45)cn3)CC2)c1F. The molecule has 0 radical (unpaired) electrons. The molecule has 118 heavy (non-hydrogen) atoms. The standard InChI is InChI=1S/C31H24F2N8.C30H25FN8.C30H26N8/c1-3-19-6-28(32)27(29(33)7-19)18-40-24-9-25(40)17-39(16-24)30-5-4-20(11-35-30)26-8-21(23-13-36-38(2)14-23)15-41-31(26)22(10-34)12-37-41;1-3-21-5-4-6-23(29(21)31)19-37-9-11-38(12-10-37)28-8-7-22(15-33-28)27-13-24(26-17-34-36(2)18-26)20-39-30(27)25(14-32)16-35-39;1-3-22-4-6-23(7-5-22)19-36-10-12-37(13-11-36)29-9-8-24(16-32-29)28-14-25(27-18-33-35(2)20-27)21-38-30(28)26(15-31)17-34-38/h1,4-8,11-15,24-25H,9,16-18H2,2H3;1,4-8,13,15-18,20H,9-12,19H2,2H3;1,4-9,14,16-18,20-21H,10-13,19H2,2H3. The monoisotopic (exact) mass is 1560 g/mol. The second kappa shape index (κ2) is 32.5. The van der Waals surface area contributed by atoms with Crippen LogP contribution in [0, 0.1) is 88.5 Å². The van der Waals surface area contributed by atoms with E-state index in [1.807, 2.05) is 126 Å². The van der Waals surface area contributed by atoms with E-state index in [4.69, 9.17) is 34.2 Å². The Kier molecular flexibility index (Phi) is 20.8. The highest BCUT2D eigenvalue weighted by atomic mass is 19.1. The largest absolute Gasteiger partial charge is 0.354 e. The Morgan fingerprint density at radius 2 is 0.805 bits per heavy atom. The first-order valence-electron chi connectivity index (χ1n) is 38.4. The summed E-state index contributed by atoms with van der Waals surface area (Å²) in [4.78, 5) is 28.0. The molecule has 2 bridgehead atoms.